The fourth-order valence-electron chi connectivity index (χ4n) is 1.31. The molecule has 0 atom stereocenters. The Morgan fingerprint density at radius 3 is 2.67 bits per heavy atom. The van der Waals surface area contributed by atoms with E-state index in [4.69, 9.17) is 9.47 Å². The van der Waals surface area contributed by atoms with Crippen molar-refractivity contribution in [2.45, 2.75) is 18.9 Å². The highest BCUT2D eigenvalue weighted by atomic mass is 16.7. The third-order valence-corrected chi connectivity index (χ3v) is 2.05. The van der Waals surface area contributed by atoms with Gasteiger partial charge in [-0.2, -0.15) is 0 Å². The Balaban J connectivity index is 2.12. The fraction of sp³-hybridized carbons (Fsp3) is 0.875. The first-order valence-corrected chi connectivity index (χ1v) is 4.16. The van der Waals surface area contributed by atoms with Crippen LogP contribution in [0.5, 0.6) is 0 Å². The zero-order chi connectivity index (χ0) is 8.81. The molecule has 1 aliphatic heterocycles. The summed E-state index contributed by atoms with van der Waals surface area (Å²) in [5.41, 5.74) is 0. The number of rotatable bonds is 4. The number of piperidine rings is 1. The van der Waals surface area contributed by atoms with Gasteiger partial charge in [-0.3, -0.25) is 4.79 Å². The van der Waals surface area contributed by atoms with E-state index in [0.29, 0.717) is 6.79 Å². The second-order valence-electron chi connectivity index (χ2n) is 2.91. The van der Waals surface area contributed by atoms with Gasteiger partial charge in [0.15, 0.2) is 0 Å². The van der Waals surface area contributed by atoms with Crippen molar-refractivity contribution in [2.75, 3.05) is 27.0 Å². The van der Waals surface area contributed by atoms with Crippen LogP contribution in [-0.4, -0.2) is 44.4 Å². The predicted molar refractivity (Wildman–Crippen MR) is 43.6 cm³/mol. The number of nitrogens with zero attached hydrogens (tertiary/aromatic N) is 1. The Labute approximate surface area is 72.4 Å². The number of amides is 1. The Hall–Kier alpha value is -0.610. The van der Waals surface area contributed by atoms with E-state index in [1.165, 1.54) is 0 Å². The van der Waals surface area contributed by atoms with Crippen LogP contribution in [0.25, 0.3) is 0 Å². The first kappa shape index (κ1) is 9.48. The summed E-state index contributed by atoms with van der Waals surface area (Å²) in [5, 5.41) is 0. The standard InChI is InChI=1S/C8H15NO3/c1-11-7-12-8-2-4-9(6-10)5-3-8/h6,8H,2-5,7H2,1H3. The molecule has 1 rings (SSSR count). The molecule has 70 valence electrons. The number of hydrogen-bond donors (Lipinski definition) is 0. The predicted octanol–water partition coefficient (Wildman–Crippen LogP) is 0.228. The molecular formula is C8H15NO3. The number of likely N-dealkylation sites (tertiary alicyclic amines) is 1. The van der Waals surface area contributed by atoms with Crippen molar-refractivity contribution in [3.8, 4) is 0 Å². The molecule has 12 heavy (non-hydrogen) atoms. The number of ether oxygens (including phenoxy) is 2. The van der Waals surface area contributed by atoms with Crippen LogP contribution in [0, 0.1) is 0 Å². The largest absolute Gasteiger partial charge is 0.359 e. The lowest BCUT2D eigenvalue weighted by atomic mass is 10.1. The van der Waals surface area contributed by atoms with E-state index in [-0.39, 0.29) is 6.10 Å². The zero-order valence-electron chi connectivity index (χ0n) is 7.36. The number of methoxy groups -OCH3 is 1. The molecule has 0 unspecified atom stereocenters. The molecule has 1 saturated heterocycles. The van der Waals surface area contributed by atoms with E-state index in [2.05, 4.69) is 0 Å². The molecule has 1 amide bonds. The van der Waals surface area contributed by atoms with Gasteiger partial charge in [0, 0.05) is 20.2 Å². The summed E-state index contributed by atoms with van der Waals surface area (Å²) < 4.78 is 10.2. The maximum absolute atomic E-state index is 10.3. The van der Waals surface area contributed by atoms with E-state index < -0.39 is 0 Å². The molecule has 4 nitrogen and oxygen atoms in total. The monoisotopic (exact) mass is 173 g/mol. The van der Waals surface area contributed by atoms with Gasteiger partial charge >= 0.3 is 0 Å². The van der Waals surface area contributed by atoms with Gasteiger partial charge < -0.3 is 14.4 Å². The third-order valence-electron chi connectivity index (χ3n) is 2.05. The topological polar surface area (TPSA) is 38.8 Å². The number of carbonyl (C=O) groups excluding carboxylic acids is 1. The van der Waals surface area contributed by atoms with E-state index in [1.54, 1.807) is 12.0 Å². The lowest BCUT2D eigenvalue weighted by Crippen LogP contribution is -2.36. The molecule has 0 aliphatic carbocycles. The van der Waals surface area contributed by atoms with Crippen LogP contribution in [-0.2, 0) is 14.3 Å². The van der Waals surface area contributed by atoms with Gasteiger partial charge in [0.1, 0.15) is 6.79 Å². The van der Waals surface area contributed by atoms with Crippen LogP contribution in [0.3, 0.4) is 0 Å². The summed E-state index contributed by atoms with van der Waals surface area (Å²) in [5.74, 6) is 0. The highest BCUT2D eigenvalue weighted by Crippen LogP contribution is 2.11. The minimum atomic E-state index is 0.265. The first-order valence-electron chi connectivity index (χ1n) is 4.16. The second kappa shape index (κ2) is 5.11. The molecule has 0 aromatic heterocycles. The van der Waals surface area contributed by atoms with Crippen molar-refractivity contribution in [3.63, 3.8) is 0 Å². The van der Waals surface area contributed by atoms with Gasteiger partial charge in [-0.25, -0.2) is 0 Å². The van der Waals surface area contributed by atoms with E-state index in [0.717, 1.165) is 32.3 Å². The quantitative estimate of drug-likeness (QED) is 0.451. The summed E-state index contributed by atoms with van der Waals surface area (Å²) in [6.07, 6.45) is 3.00. The molecule has 1 heterocycles. The van der Waals surface area contributed by atoms with Crippen molar-refractivity contribution in [1.29, 1.82) is 0 Å². The molecule has 0 spiro atoms. The van der Waals surface area contributed by atoms with E-state index in [9.17, 15) is 4.79 Å². The van der Waals surface area contributed by atoms with Crippen LogP contribution in [0.1, 0.15) is 12.8 Å². The Morgan fingerprint density at radius 2 is 2.17 bits per heavy atom. The molecule has 1 fully saturated rings. The minimum absolute atomic E-state index is 0.265. The lowest BCUT2D eigenvalue weighted by molar-refractivity contribution is -0.123. The van der Waals surface area contributed by atoms with Crippen molar-refractivity contribution >= 4 is 6.41 Å². The fourth-order valence-corrected chi connectivity index (χ4v) is 1.31. The SMILES string of the molecule is COCOC1CCN(C=O)CC1. The lowest BCUT2D eigenvalue weighted by Gasteiger charge is -2.28. The Morgan fingerprint density at radius 1 is 1.50 bits per heavy atom. The highest BCUT2D eigenvalue weighted by Gasteiger charge is 2.17. The van der Waals surface area contributed by atoms with Crippen LogP contribution >= 0.6 is 0 Å². The third kappa shape index (κ3) is 2.79. The van der Waals surface area contributed by atoms with Crippen molar-refractivity contribution in [2.24, 2.45) is 0 Å². The number of carbonyl (C=O) groups is 1. The van der Waals surface area contributed by atoms with E-state index in [1.807, 2.05) is 0 Å². The zero-order valence-corrected chi connectivity index (χ0v) is 7.36. The Kier molecular flexibility index (Phi) is 4.04. The Bertz CT molecular complexity index is 132. The molecule has 4 heteroatoms. The van der Waals surface area contributed by atoms with Gasteiger partial charge in [-0.05, 0) is 12.8 Å². The van der Waals surface area contributed by atoms with Crippen molar-refractivity contribution in [3.05, 3.63) is 0 Å². The average molecular weight is 173 g/mol. The summed E-state index contributed by atoms with van der Waals surface area (Å²) in [7, 11) is 1.61. The molecule has 0 aromatic carbocycles. The summed E-state index contributed by atoms with van der Waals surface area (Å²) in [6.45, 7) is 1.96. The average Bonchev–Trinajstić information content (AvgIpc) is 2.15. The molecule has 0 radical (unpaired) electrons. The van der Waals surface area contributed by atoms with E-state index >= 15 is 0 Å². The molecule has 0 saturated carbocycles. The molecule has 1 aliphatic rings. The smallest absolute Gasteiger partial charge is 0.209 e. The van der Waals surface area contributed by atoms with Crippen LogP contribution in [0.4, 0.5) is 0 Å². The van der Waals surface area contributed by atoms with Crippen molar-refractivity contribution in [1.82, 2.24) is 4.90 Å². The van der Waals surface area contributed by atoms with Crippen LogP contribution < -0.4 is 0 Å². The maximum Gasteiger partial charge on any atom is 0.209 e. The van der Waals surface area contributed by atoms with Gasteiger partial charge in [0.05, 0.1) is 6.10 Å². The van der Waals surface area contributed by atoms with Crippen molar-refractivity contribution < 1.29 is 14.3 Å². The minimum Gasteiger partial charge on any atom is -0.359 e. The van der Waals surface area contributed by atoms with Gasteiger partial charge in [-0.1, -0.05) is 0 Å². The van der Waals surface area contributed by atoms with Crippen LogP contribution in [0.2, 0.25) is 0 Å². The molecular weight excluding hydrogens is 158 g/mol. The summed E-state index contributed by atoms with van der Waals surface area (Å²) in [6, 6.07) is 0. The highest BCUT2D eigenvalue weighted by molar-refractivity contribution is 5.47. The molecule has 0 aromatic rings. The van der Waals surface area contributed by atoms with Gasteiger partial charge in [0.2, 0.25) is 6.41 Å². The molecule has 0 N–H and O–H groups in total. The first-order chi connectivity index (χ1) is 5.86. The maximum atomic E-state index is 10.3. The summed E-state index contributed by atoms with van der Waals surface area (Å²) >= 11 is 0. The molecule has 0 bridgehead atoms. The second-order valence-corrected chi connectivity index (χ2v) is 2.91. The van der Waals surface area contributed by atoms with Crippen LogP contribution in [0.15, 0.2) is 0 Å². The summed E-state index contributed by atoms with van der Waals surface area (Å²) in [4.78, 5) is 12.1. The normalized spacial score (nSPS) is 19.6. The van der Waals surface area contributed by atoms with Gasteiger partial charge in [0.25, 0.3) is 0 Å². The van der Waals surface area contributed by atoms with Gasteiger partial charge in [-0.15, -0.1) is 0 Å². The number of hydrogen-bond acceptors (Lipinski definition) is 3.